The summed E-state index contributed by atoms with van der Waals surface area (Å²) >= 11 is 0. The average molecular weight is 368 g/mol. The van der Waals surface area contributed by atoms with Gasteiger partial charge in [-0.05, 0) is 43.9 Å². The molecule has 1 aliphatic rings. The number of nitrogens with zero attached hydrogens (tertiary/aromatic N) is 2. The third-order valence-corrected chi connectivity index (χ3v) is 4.56. The SMILES string of the molecule is CN(C)CCN1C(=O)C(=O)/C(=C(\O)c2ccc(F)cc2)[C@@H]1c1ccccc1. The number of carbonyl (C=O) groups is 2. The van der Waals surface area contributed by atoms with Gasteiger partial charge in [-0.3, -0.25) is 9.59 Å². The monoisotopic (exact) mass is 368 g/mol. The summed E-state index contributed by atoms with van der Waals surface area (Å²) in [5.41, 5.74) is 1.05. The molecule has 1 atom stereocenters. The van der Waals surface area contributed by atoms with Crippen molar-refractivity contribution in [2.24, 2.45) is 0 Å². The maximum atomic E-state index is 13.2. The third-order valence-electron chi connectivity index (χ3n) is 4.56. The number of carbonyl (C=O) groups excluding carboxylic acids is 2. The minimum absolute atomic E-state index is 0.0246. The van der Waals surface area contributed by atoms with Crippen molar-refractivity contribution in [3.63, 3.8) is 0 Å². The molecule has 3 rings (SSSR count). The second kappa shape index (κ2) is 7.72. The largest absolute Gasteiger partial charge is 0.507 e. The number of aliphatic hydroxyl groups excluding tert-OH is 1. The van der Waals surface area contributed by atoms with E-state index in [4.69, 9.17) is 0 Å². The first-order valence-corrected chi connectivity index (χ1v) is 8.64. The lowest BCUT2D eigenvalue weighted by Crippen LogP contribution is -2.35. The van der Waals surface area contributed by atoms with Crippen molar-refractivity contribution in [3.05, 3.63) is 77.1 Å². The number of likely N-dealkylation sites (N-methyl/N-ethyl adjacent to an activating group) is 1. The van der Waals surface area contributed by atoms with E-state index in [1.807, 2.05) is 49.3 Å². The highest BCUT2D eigenvalue weighted by Crippen LogP contribution is 2.39. The fraction of sp³-hybridized carbons (Fsp3) is 0.238. The molecule has 1 fully saturated rings. The van der Waals surface area contributed by atoms with E-state index < -0.39 is 23.5 Å². The lowest BCUT2D eigenvalue weighted by atomic mass is 9.95. The number of rotatable bonds is 5. The second-order valence-electron chi connectivity index (χ2n) is 6.71. The summed E-state index contributed by atoms with van der Waals surface area (Å²) in [6.07, 6.45) is 0. The summed E-state index contributed by atoms with van der Waals surface area (Å²) in [6, 6.07) is 13.6. The smallest absolute Gasteiger partial charge is 0.295 e. The summed E-state index contributed by atoms with van der Waals surface area (Å²) in [4.78, 5) is 28.8. The normalized spacial score (nSPS) is 19.1. The van der Waals surface area contributed by atoms with Gasteiger partial charge in [-0.15, -0.1) is 0 Å². The molecule has 1 N–H and O–H groups in total. The zero-order valence-electron chi connectivity index (χ0n) is 15.2. The Morgan fingerprint density at radius 1 is 1.07 bits per heavy atom. The van der Waals surface area contributed by atoms with Gasteiger partial charge in [-0.2, -0.15) is 0 Å². The molecular weight excluding hydrogens is 347 g/mol. The van der Waals surface area contributed by atoms with Gasteiger partial charge in [0.15, 0.2) is 0 Å². The number of halogens is 1. The van der Waals surface area contributed by atoms with E-state index in [-0.39, 0.29) is 11.3 Å². The Bertz CT molecular complexity index is 876. The molecule has 0 aliphatic carbocycles. The Labute approximate surface area is 157 Å². The second-order valence-corrected chi connectivity index (χ2v) is 6.71. The average Bonchev–Trinajstić information content (AvgIpc) is 2.91. The van der Waals surface area contributed by atoms with Crippen LogP contribution in [0.5, 0.6) is 0 Å². The molecule has 2 aromatic carbocycles. The van der Waals surface area contributed by atoms with E-state index in [0.717, 1.165) is 5.56 Å². The van der Waals surface area contributed by atoms with Crippen molar-refractivity contribution in [1.82, 2.24) is 9.80 Å². The number of ketones is 1. The highest BCUT2D eigenvalue weighted by molar-refractivity contribution is 6.46. The van der Waals surface area contributed by atoms with Crippen molar-refractivity contribution in [1.29, 1.82) is 0 Å². The first-order chi connectivity index (χ1) is 12.9. The quantitative estimate of drug-likeness (QED) is 0.501. The maximum Gasteiger partial charge on any atom is 0.295 e. The van der Waals surface area contributed by atoms with Gasteiger partial charge in [0.1, 0.15) is 11.6 Å². The molecule has 2 aromatic rings. The van der Waals surface area contributed by atoms with Gasteiger partial charge in [-0.25, -0.2) is 4.39 Å². The highest BCUT2D eigenvalue weighted by atomic mass is 19.1. The van der Waals surface area contributed by atoms with Crippen LogP contribution < -0.4 is 0 Å². The van der Waals surface area contributed by atoms with Crippen LogP contribution in [0.1, 0.15) is 17.2 Å². The maximum absolute atomic E-state index is 13.2. The van der Waals surface area contributed by atoms with Crippen LogP contribution in [-0.2, 0) is 9.59 Å². The molecular formula is C21H21FN2O3. The van der Waals surface area contributed by atoms with Crippen molar-refractivity contribution in [3.8, 4) is 0 Å². The standard InChI is InChI=1S/C21H21FN2O3/c1-23(2)12-13-24-18(14-6-4-3-5-7-14)17(20(26)21(24)27)19(25)15-8-10-16(22)11-9-15/h3-11,18,25H,12-13H2,1-2H3/b19-17-/t18-/m0/s1. The van der Waals surface area contributed by atoms with Gasteiger partial charge in [0.25, 0.3) is 11.7 Å². The molecule has 0 aromatic heterocycles. The van der Waals surface area contributed by atoms with E-state index in [1.165, 1.54) is 29.2 Å². The van der Waals surface area contributed by atoms with Gasteiger partial charge >= 0.3 is 0 Å². The molecule has 1 saturated heterocycles. The van der Waals surface area contributed by atoms with Gasteiger partial charge in [0.2, 0.25) is 0 Å². The van der Waals surface area contributed by atoms with E-state index >= 15 is 0 Å². The van der Waals surface area contributed by atoms with Crippen LogP contribution in [-0.4, -0.2) is 53.8 Å². The van der Waals surface area contributed by atoms with Gasteiger partial charge in [0.05, 0.1) is 11.6 Å². The lowest BCUT2D eigenvalue weighted by molar-refractivity contribution is -0.140. The molecule has 27 heavy (non-hydrogen) atoms. The zero-order valence-corrected chi connectivity index (χ0v) is 15.2. The molecule has 140 valence electrons. The Morgan fingerprint density at radius 3 is 2.30 bits per heavy atom. The number of aliphatic hydroxyl groups is 1. The Morgan fingerprint density at radius 2 is 1.70 bits per heavy atom. The number of Topliss-reactive ketones (excluding diaryl/α,β-unsaturated/α-hetero) is 1. The number of amides is 1. The number of likely N-dealkylation sites (tertiary alicyclic amines) is 1. The van der Waals surface area contributed by atoms with Crippen LogP contribution in [0.15, 0.2) is 60.2 Å². The Balaban J connectivity index is 2.12. The van der Waals surface area contributed by atoms with Crippen LogP contribution in [0.2, 0.25) is 0 Å². The highest BCUT2D eigenvalue weighted by Gasteiger charge is 2.45. The zero-order chi connectivity index (χ0) is 19.6. The minimum atomic E-state index is -0.732. The summed E-state index contributed by atoms with van der Waals surface area (Å²) < 4.78 is 13.2. The van der Waals surface area contributed by atoms with Crippen molar-refractivity contribution >= 4 is 17.4 Å². The fourth-order valence-corrected chi connectivity index (χ4v) is 3.16. The van der Waals surface area contributed by atoms with Crippen molar-refractivity contribution in [2.45, 2.75) is 6.04 Å². The Kier molecular flexibility index (Phi) is 5.37. The first kappa shape index (κ1) is 18.8. The molecule has 1 amide bonds. The first-order valence-electron chi connectivity index (χ1n) is 8.64. The van der Waals surface area contributed by atoms with E-state index in [9.17, 15) is 19.1 Å². The van der Waals surface area contributed by atoms with E-state index in [2.05, 4.69) is 0 Å². The van der Waals surface area contributed by atoms with Crippen LogP contribution in [0, 0.1) is 5.82 Å². The molecule has 0 saturated carbocycles. The predicted molar refractivity (Wildman–Crippen MR) is 100 cm³/mol. The lowest BCUT2D eigenvalue weighted by Gasteiger charge is -2.26. The topological polar surface area (TPSA) is 60.9 Å². The summed E-state index contributed by atoms with van der Waals surface area (Å²) in [6.45, 7) is 0.921. The summed E-state index contributed by atoms with van der Waals surface area (Å²) in [5.74, 6) is -2.12. The van der Waals surface area contributed by atoms with Crippen molar-refractivity contribution in [2.75, 3.05) is 27.2 Å². The molecule has 0 radical (unpaired) electrons. The molecule has 1 aliphatic heterocycles. The fourth-order valence-electron chi connectivity index (χ4n) is 3.16. The Hall–Kier alpha value is -2.99. The van der Waals surface area contributed by atoms with Crippen molar-refractivity contribution < 1.29 is 19.1 Å². The molecule has 0 spiro atoms. The van der Waals surface area contributed by atoms with Crippen LogP contribution in [0.3, 0.4) is 0 Å². The summed E-state index contributed by atoms with van der Waals surface area (Å²) in [5, 5.41) is 10.8. The van der Waals surface area contributed by atoms with Crippen LogP contribution >= 0.6 is 0 Å². The third kappa shape index (κ3) is 3.75. The van der Waals surface area contributed by atoms with Gasteiger partial charge in [-0.1, -0.05) is 30.3 Å². The number of hydrogen-bond acceptors (Lipinski definition) is 4. The van der Waals surface area contributed by atoms with E-state index in [1.54, 1.807) is 0 Å². The number of hydrogen-bond donors (Lipinski definition) is 1. The minimum Gasteiger partial charge on any atom is -0.507 e. The molecule has 5 nitrogen and oxygen atoms in total. The number of benzene rings is 2. The molecule has 1 heterocycles. The van der Waals surface area contributed by atoms with Gasteiger partial charge < -0.3 is 14.9 Å². The van der Waals surface area contributed by atoms with Crippen LogP contribution in [0.25, 0.3) is 5.76 Å². The van der Waals surface area contributed by atoms with Gasteiger partial charge in [0, 0.05) is 18.7 Å². The summed E-state index contributed by atoms with van der Waals surface area (Å²) in [7, 11) is 3.76. The molecule has 6 heteroatoms. The molecule has 0 unspecified atom stereocenters. The predicted octanol–water partition coefficient (Wildman–Crippen LogP) is 2.81. The van der Waals surface area contributed by atoms with E-state index in [0.29, 0.717) is 18.7 Å². The molecule has 0 bridgehead atoms. The van der Waals surface area contributed by atoms with Crippen LogP contribution in [0.4, 0.5) is 4.39 Å².